The van der Waals surface area contributed by atoms with Gasteiger partial charge in [0.25, 0.3) is 0 Å². The molecule has 0 spiro atoms. The van der Waals surface area contributed by atoms with Crippen molar-refractivity contribution in [2.75, 3.05) is 5.73 Å². The second kappa shape index (κ2) is 5.23. The number of benzene rings is 1. The van der Waals surface area contributed by atoms with Crippen LogP contribution in [0.25, 0.3) is 10.2 Å². The highest BCUT2D eigenvalue weighted by Gasteiger charge is 2.30. The van der Waals surface area contributed by atoms with E-state index in [9.17, 15) is 5.11 Å². The Bertz CT molecular complexity index is 844. The monoisotopic (exact) mass is 330 g/mol. The third-order valence-corrected chi connectivity index (χ3v) is 5.56. The lowest BCUT2D eigenvalue weighted by atomic mass is 9.80. The zero-order valence-electron chi connectivity index (χ0n) is 11.8. The van der Waals surface area contributed by atoms with Crippen LogP contribution in [0, 0.1) is 0 Å². The van der Waals surface area contributed by atoms with Gasteiger partial charge in [-0.2, -0.15) is 0 Å². The minimum Gasteiger partial charge on any atom is -0.397 e. The number of aliphatic hydroxyl groups is 1. The van der Waals surface area contributed by atoms with Crippen molar-refractivity contribution in [1.29, 1.82) is 0 Å². The van der Waals surface area contributed by atoms with Crippen LogP contribution in [0.4, 0.5) is 5.69 Å². The van der Waals surface area contributed by atoms with E-state index in [2.05, 4.69) is 0 Å². The predicted octanol–water partition coefficient (Wildman–Crippen LogP) is 4.30. The molecule has 4 rings (SSSR count). The fourth-order valence-corrected chi connectivity index (χ4v) is 4.23. The van der Waals surface area contributed by atoms with Crippen molar-refractivity contribution in [2.24, 2.45) is 0 Å². The molecular formula is C17H15ClN2OS. The molecule has 3 N–H and O–H groups in total. The maximum atomic E-state index is 10.6. The molecule has 2 unspecified atom stereocenters. The molecule has 0 fully saturated rings. The van der Waals surface area contributed by atoms with Crippen LogP contribution in [-0.4, -0.2) is 10.1 Å². The minimum atomic E-state index is -0.566. The summed E-state index contributed by atoms with van der Waals surface area (Å²) in [6.07, 6.45) is 0.893. The van der Waals surface area contributed by atoms with E-state index in [0.717, 1.165) is 32.9 Å². The lowest BCUT2D eigenvalue weighted by molar-refractivity contribution is 0.147. The predicted molar refractivity (Wildman–Crippen MR) is 91.5 cm³/mol. The number of hydrogen-bond donors (Lipinski definition) is 2. The minimum absolute atomic E-state index is 0.239. The van der Waals surface area contributed by atoms with Gasteiger partial charge in [-0.25, -0.2) is 0 Å². The van der Waals surface area contributed by atoms with Crippen molar-refractivity contribution in [3.05, 3.63) is 57.6 Å². The van der Waals surface area contributed by atoms with Crippen molar-refractivity contribution in [3.8, 4) is 0 Å². The summed E-state index contributed by atoms with van der Waals surface area (Å²) < 4.78 is 0.975. The lowest BCUT2D eigenvalue weighted by Gasteiger charge is -2.29. The molecule has 0 saturated heterocycles. The summed E-state index contributed by atoms with van der Waals surface area (Å²) in [5.41, 5.74) is 10.8. The first-order valence-corrected chi connectivity index (χ1v) is 8.48. The van der Waals surface area contributed by atoms with Crippen LogP contribution in [-0.2, 0) is 6.42 Å². The van der Waals surface area contributed by atoms with E-state index in [1.165, 1.54) is 5.56 Å². The molecule has 1 aromatic carbocycles. The molecule has 5 heteroatoms. The summed E-state index contributed by atoms with van der Waals surface area (Å²) >= 11 is 7.53. The van der Waals surface area contributed by atoms with Crippen molar-refractivity contribution < 1.29 is 5.11 Å². The van der Waals surface area contributed by atoms with Gasteiger partial charge in [-0.1, -0.05) is 23.7 Å². The fraction of sp³-hybridized carbons (Fsp3) is 0.235. The number of pyridine rings is 1. The van der Waals surface area contributed by atoms with Gasteiger partial charge in [0.2, 0.25) is 0 Å². The summed E-state index contributed by atoms with van der Waals surface area (Å²) in [6, 6.07) is 9.81. The van der Waals surface area contributed by atoms with Crippen molar-refractivity contribution >= 4 is 38.8 Å². The van der Waals surface area contributed by atoms with Crippen LogP contribution < -0.4 is 5.73 Å². The molecule has 1 aliphatic carbocycles. The average molecular weight is 331 g/mol. The SMILES string of the molecule is Nc1c2c(nc3ccsc13)CC(c1ccc(Cl)cc1)CC2O. The van der Waals surface area contributed by atoms with Gasteiger partial charge in [-0.15, -0.1) is 11.3 Å². The van der Waals surface area contributed by atoms with Crippen molar-refractivity contribution in [3.63, 3.8) is 0 Å². The Balaban J connectivity index is 1.79. The highest BCUT2D eigenvalue weighted by atomic mass is 35.5. The first kappa shape index (κ1) is 14.0. The van der Waals surface area contributed by atoms with Crippen LogP contribution >= 0.6 is 22.9 Å². The van der Waals surface area contributed by atoms with Crippen LogP contribution in [0.5, 0.6) is 0 Å². The Morgan fingerprint density at radius 3 is 2.77 bits per heavy atom. The molecule has 2 atom stereocenters. The van der Waals surface area contributed by atoms with Gasteiger partial charge in [0, 0.05) is 16.3 Å². The summed E-state index contributed by atoms with van der Waals surface area (Å²) in [5, 5.41) is 13.3. The Morgan fingerprint density at radius 2 is 2.00 bits per heavy atom. The number of aromatic nitrogens is 1. The third kappa shape index (κ3) is 2.19. The topological polar surface area (TPSA) is 59.1 Å². The Morgan fingerprint density at radius 1 is 1.23 bits per heavy atom. The van der Waals surface area contributed by atoms with Gasteiger partial charge in [0.15, 0.2) is 0 Å². The molecule has 3 aromatic rings. The number of anilines is 1. The zero-order valence-corrected chi connectivity index (χ0v) is 13.4. The maximum absolute atomic E-state index is 10.6. The summed E-state index contributed by atoms with van der Waals surface area (Å²) in [5.74, 6) is 0.239. The first-order valence-electron chi connectivity index (χ1n) is 7.22. The molecule has 2 aromatic heterocycles. The molecule has 3 nitrogen and oxygen atoms in total. The molecule has 1 aliphatic rings. The largest absolute Gasteiger partial charge is 0.397 e. The normalized spacial score (nSPS) is 21.0. The van der Waals surface area contributed by atoms with E-state index in [1.54, 1.807) is 11.3 Å². The molecule has 0 saturated carbocycles. The Kier molecular flexibility index (Phi) is 3.33. The van der Waals surface area contributed by atoms with Gasteiger partial charge in [-0.3, -0.25) is 4.98 Å². The maximum Gasteiger partial charge on any atom is 0.0834 e. The number of thiophene rings is 1. The molecule has 0 amide bonds. The molecule has 112 valence electrons. The molecule has 0 radical (unpaired) electrons. The first-order chi connectivity index (χ1) is 10.6. The number of aliphatic hydroxyl groups excluding tert-OH is 1. The van der Waals surface area contributed by atoms with E-state index in [0.29, 0.717) is 12.1 Å². The van der Waals surface area contributed by atoms with Crippen molar-refractivity contribution in [2.45, 2.75) is 24.9 Å². The smallest absolute Gasteiger partial charge is 0.0834 e. The van der Waals surface area contributed by atoms with E-state index < -0.39 is 6.10 Å². The lowest BCUT2D eigenvalue weighted by Crippen LogP contribution is -2.20. The number of nitrogen functional groups attached to an aromatic ring is 1. The van der Waals surface area contributed by atoms with Gasteiger partial charge < -0.3 is 10.8 Å². The number of nitrogens with zero attached hydrogens (tertiary/aromatic N) is 1. The second-order valence-electron chi connectivity index (χ2n) is 5.72. The van der Waals surface area contributed by atoms with Crippen LogP contribution in [0.2, 0.25) is 5.02 Å². The van der Waals surface area contributed by atoms with E-state index in [-0.39, 0.29) is 5.92 Å². The molecule has 0 bridgehead atoms. The van der Waals surface area contributed by atoms with Crippen LogP contribution in [0.15, 0.2) is 35.7 Å². The van der Waals surface area contributed by atoms with Crippen LogP contribution in [0.3, 0.4) is 0 Å². The van der Waals surface area contributed by atoms with Gasteiger partial charge >= 0.3 is 0 Å². The number of fused-ring (bicyclic) bond motifs is 2. The molecule has 22 heavy (non-hydrogen) atoms. The summed E-state index contributed by atoms with van der Waals surface area (Å²) in [7, 11) is 0. The molecule has 2 heterocycles. The van der Waals surface area contributed by atoms with Gasteiger partial charge in [0.1, 0.15) is 0 Å². The quantitative estimate of drug-likeness (QED) is 0.699. The van der Waals surface area contributed by atoms with Crippen molar-refractivity contribution in [1.82, 2.24) is 4.98 Å². The third-order valence-electron chi connectivity index (χ3n) is 4.37. The Hall–Kier alpha value is -1.62. The van der Waals surface area contributed by atoms with E-state index >= 15 is 0 Å². The molecule has 0 aliphatic heterocycles. The molecular weight excluding hydrogens is 316 g/mol. The second-order valence-corrected chi connectivity index (χ2v) is 7.08. The highest BCUT2D eigenvalue weighted by Crippen LogP contribution is 2.43. The van der Waals surface area contributed by atoms with Gasteiger partial charge in [0.05, 0.1) is 22.0 Å². The Labute approximate surface area is 137 Å². The highest BCUT2D eigenvalue weighted by molar-refractivity contribution is 7.17. The zero-order chi connectivity index (χ0) is 15.3. The standard InChI is InChI=1S/C17H15ClN2OS/c18-11-3-1-9(2-4-11)10-7-13-15(14(21)8-10)16(19)17-12(20-13)5-6-22-17/h1-6,10,14,21H,7-8H2,(H2,19,20). The van der Waals surface area contributed by atoms with E-state index in [1.807, 2.05) is 35.7 Å². The number of halogens is 1. The van der Waals surface area contributed by atoms with Crippen LogP contribution in [0.1, 0.15) is 35.3 Å². The average Bonchev–Trinajstić information content (AvgIpc) is 2.96. The number of nitrogens with two attached hydrogens (primary N) is 1. The summed E-state index contributed by atoms with van der Waals surface area (Å²) in [4.78, 5) is 4.72. The van der Waals surface area contributed by atoms with Gasteiger partial charge in [-0.05, 0) is 47.9 Å². The number of hydrogen-bond acceptors (Lipinski definition) is 4. The fourth-order valence-electron chi connectivity index (χ4n) is 3.30. The van der Waals surface area contributed by atoms with E-state index in [4.69, 9.17) is 22.3 Å². The summed E-state index contributed by atoms with van der Waals surface area (Å²) in [6.45, 7) is 0. The number of rotatable bonds is 1.